The smallest absolute Gasteiger partial charge is 0.337 e. The van der Waals surface area contributed by atoms with Crippen molar-refractivity contribution < 1.29 is 33.3 Å². The number of benzene rings is 2. The van der Waals surface area contributed by atoms with Gasteiger partial charge in [-0.2, -0.15) is 0 Å². The van der Waals surface area contributed by atoms with Gasteiger partial charge in [-0.1, -0.05) is 12.1 Å². The summed E-state index contributed by atoms with van der Waals surface area (Å²) in [5.41, 5.74) is 1.94. The van der Waals surface area contributed by atoms with E-state index in [0.717, 1.165) is 17.3 Å². The molecule has 0 fully saturated rings. The monoisotopic (exact) mass is 551 g/mol. The van der Waals surface area contributed by atoms with E-state index < -0.39 is 23.8 Å². The summed E-state index contributed by atoms with van der Waals surface area (Å²) in [6, 6.07) is 11.5. The number of allylic oxidation sites excluding steroid dienone is 1. The summed E-state index contributed by atoms with van der Waals surface area (Å²) < 4.78 is 21.5. The van der Waals surface area contributed by atoms with Crippen LogP contribution in [0.5, 0.6) is 17.2 Å². The molecular formula is C28H29N3O7S. The van der Waals surface area contributed by atoms with Gasteiger partial charge in [-0.15, -0.1) is 0 Å². The van der Waals surface area contributed by atoms with E-state index in [1.54, 1.807) is 51.3 Å². The first-order valence-corrected chi connectivity index (χ1v) is 13.0. The highest BCUT2D eigenvalue weighted by atomic mass is 32.2. The lowest BCUT2D eigenvalue weighted by atomic mass is 9.94. The predicted molar refractivity (Wildman–Crippen MR) is 148 cm³/mol. The van der Waals surface area contributed by atoms with Crippen LogP contribution in [0.25, 0.3) is 0 Å². The van der Waals surface area contributed by atoms with Gasteiger partial charge in [-0.05, 0) is 55.9 Å². The van der Waals surface area contributed by atoms with E-state index in [2.05, 4.69) is 10.3 Å². The lowest BCUT2D eigenvalue weighted by molar-refractivity contribution is -0.139. The highest BCUT2D eigenvalue weighted by Gasteiger charge is 2.42. The van der Waals surface area contributed by atoms with Crippen molar-refractivity contribution in [2.75, 3.05) is 33.3 Å². The van der Waals surface area contributed by atoms with Crippen LogP contribution in [0.4, 0.5) is 5.69 Å². The number of fused-ring (bicyclic) bond motifs is 1. The Hall–Kier alpha value is -4.25. The number of esters is 1. The number of methoxy groups -OCH3 is 3. The van der Waals surface area contributed by atoms with Crippen LogP contribution in [-0.4, -0.2) is 61.8 Å². The summed E-state index contributed by atoms with van der Waals surface area (Å²) in [6.07, 6.45) is 1.47. The normalized spacial score (nSPS) is 16.6. The van der Waals surface area contributed by atoms with Crippen molar-refractivity contribution in [2.45, 2.75) is 26.3 Å². The van der Waals surface area contributed by atoms with Gasteiger partial charge in [0.1, 0.15) is 5.75 Å². The molecule has 0 bridgehead atoms. The Bertz CT molecular complexity index is 1380. The zero-order chi connectivity index (χ0) is 28.1. The number of para-hydroxylation sites is 1. The quantitative estimate of drug-likeness (QED) is 0.466. The molecule has 0 aromatic heterocycles. The number of nitrogens with one attached hydrogen (secondary N) is 1. The number of amidine groups is 1. The van der Waals surface area contributed by atoms with Crippen LogP contribution in [0.15, 0.2) is 69.7 Å². The standard InChI is InChI=1S/C28H29N3O7S/c1-6-38-27(34)24-16(2)29-28-31(20(24)14-17-8-7-9-21(36-4)25(17)37-5)23(32)15-22(39-28)26(33)30-18-10-12-19(35-3)13-11-18/h7-13,15,20H,6,14H2,1-5H3,(H,30,33). The van der Waals surface area contributed by atoms with Crippen molar-refractivity contribution in [3.05, 3.63) is 70.3 Å². The second-order valence-electron chi connectivity index (χ2n) is 8.49. The summed E-state index contributed by atoms with van der Waals surface area (Å²) in [7, 11) is 4.62. The third-order valence-electron chi connectivity index (χ3n) is 6.16. The number of aliphatic imine (C=N–C) groups is 1. The van der Waals surface area contributed by atoms with E-state index >= 15 is 0 Å². The molecule has 1 N–H and O–H groups in total. The van der Waals surface area contributed by atoms with Gasteiger partial charge in [0.15, 0.2) is 16.7 Å². The van der Waals surface area contributed by atoms with Crippen LogP contribution >= 0.6 is 11.8 Å². The van der Waals surface area contributed by atoms with E-state index in [1.807, 2.05) is 12.1 Å². The van der Waals surface area contributed by atoms with Gasteiger partial charge in [0.2, 0.25) is 0 Å². The maximum Gasteiger partial charge on any atom is 0.337 e. The number of carbonyl (C=O) groups excluding carboxylic acids is 3. The largest absolute Gasteiger partial charge is 0.497 e. The average Bonchev–Trinajstić information content (AvgIpc) is 2.92. The van der Waals surface area contributed by atoms with Gasteiger partial charge < -0.3 is 24.3 Å². The topological polar surface area (TPSA) is 116 Å². The Morgan fingerprint density at radius 3 is 2.44 bits per heavy atom. The van der Waals surface area contributed by atoms with E-state index in [9.17, 15) is 14.4 Å². The number of nitrogens with zero attached hydrogens (tertiary/aromatic N) is 2. The molecule has 1 unspecified atom stereocenters. The van der Waals surface area contributed by atoms with Crippen LogP contribution < -0.4 is 19.5 Å². The van der Waals surface area contributed by atoms with Crippen LogP contribution in [0.3, 0.4) is 0 Å². The summed E-state index contributed by atoms with van der Waals surface area (Å²) in [5, 5.41) is 3.08. The number of amides is 2. The lowest BCUT2D eigenvalue weighted by Gasteiger charge is -2.38. The second-order valence-corrected chi connectivity index (χ2v) is 9.50. The number of anilines is 1. The lowest BCUT2D eigenvalue weighted by Crippen LogP contribution is -2.50. The third kappa shape index (κ3) is 5.78. The molecule has 0 saturated heterocycles. The van der Waals surface area contributed by atoms with E-state index in [4.69, 9.17) is 18.9 Å². The first kappa shape index (κ1) is 27.8. The van der Waals surface area contributed by atoms with Crippen LogP contribution in [0, 0.1) is 0 Å². The van der Waals surface area contributed by atoms with Crippen molar-refractivity contribution >= 4 is 40.4 Å². The molecule has 1 atom stereocenters. The number of ether oxygens (including phenoxy) is 4. The first-order chi connectivity index (χ1) is 18.8. The van der Waals surface area contributed by atoms with E-state index in [-0.39, 0.29) is 23.5 Å². The van der Waals surface area contributed by atoms with Crippen molar-refractivity contribution in [1.82, 2.24) is 4.90 Å². The molecular weight excluding hydrogens is 522 g/mol. The third-order valence-corrected chi connectivity index (χ3v) is 7.16. The fourth-order valence-electron chi connectivity index (χ4n) is 4.38. The molecule has 204 valence electrons. The molecule has 0 spiro atoms. The molecule has 2 aromatic carbocycles. The summed E-state index contributed by atoms with van der Waals surface area (Å²) in [6.45, 7) is 3.57. The molecule has 2 heterocycles. The molecule has 11 heteroatoms. The SMILES string of the molecule is CCOC(=O)C1=C(C)N=C2SC(C(=O)Nc3ccc(OC)cc3)=CC(=O)N2C1Cc1cccc(OC)c1OC. The zero-order valence-electron chi connectivity index (χ0n) is 22.3. The minimum Gasteiger partial charge on any atom is -0.497 e. The fourth-order valence-corrected chi connectivity index (χ4v) is 5.38. The van der Waals surface area contributed by atoms with Gasteiger partial charge >= 0.3 is 5.97 Å². The highest BCUT2D eigenvalue weighted by molar-refractivity contribution is 8.18. The van der Waals surface area contributed by atoms with Crippen LogP contribution in [0.1, 0.15) is 19.4 Å². The van der Waals surface area contributed by atoms with Crippen molar-refractivity contribution in [3.8, 4) is 17.2 Å². The van der Waals surface area contributed by atoms with Gasteiger partial charge in [0, 0.05) is 23.7 Å². The van der Waals surface area contributed by atoms with Crippen LogP contribution in [-0.2, 0) is 25.5 Å². The minimum absolute atomic E-state index is 0.166. The number of carbonyl (C=O) groups is 3. The molecule has 0 saturated carbocycles. The zero-order valence-corrected chi connectivity index (χ0v) is 23.1. The maximum absolute atomic E-state index is 13.5. The van der Waals surface area contributed by atoms with Gasteiger partial charge in [-0.3, -0.25) is 14.5 Å². The molecule has 39 heavy (non-hydrogen) atoms. The Balaban J connectivity index is 1.69. The van der Waals surface area contributed by atoms with Gasteiger partial charge in [-0.25, -0.2) is 9.79 Å². The van der Waals surface area contributed by atoms with E-state index in [1.165, 1.54) is 25.2 Å². The first-order valence-electron chi connectivity index (χ1n) is 12.2. The minimum atomic E-state index is -0.750. The summed E-state index contributed by atoms with van der Waals surface area (Å²) in [4.78, 5) is 45.7. The Kier molecular flexibility index (Phi) is 8.60. The Morgan fingerprint density at radius 1 is 1.05 bits per heavy atom. The molecule has 10 nitrogen and oxygen atoms in total. The van der Waals surface area contributed by atoms with Crippen LogP contribution in [0.2, 0.25) is 0 Å². The molecule has 2 aromatic rings. The van der Waals surface area contributed by atoms with Crippen molar-refractivity contribution in [3.63, 3.8) is 0 Å². The summed E-state index contributed by atoms with van der Waals surface area (Å²) >= 11 is 1.05. The molecule has 2 amide bonds. The number of hydrogen-bond donors (Lipinski definition) is 1. The number of thioether (sulfide) groups is 1. The molecule has 2 aliphatic rings. The number of rotatable bonds is 9. The van der Waals surface area contributed by atoms with Crippen molar-refractivity contribution in [2.24, 2.45) is 4.99 Å². The molecule has 0 aliphatic carbocycles. The Labute approximate surface area is 230 Å². The average molecular weight is 552 g/mol. The predicted octanol–water partition coefficient (Wildman–Crippen LogP) is 3.93. The second kappa shape index (κ2) is 12.1. The van der Waals surface area contributed by atoms with Crippen molar-refractivity contribution in [1.29, 1.82) is 0 Å². The maximum atomic E-state index is 13.5. The molecule has 4 rings (SSSR count). The highest BCUT2D eigenvalue weighted by Crippen LogP contribution is 2.39. The van der Waals surface area contributed by atoms with E-state index in [0.29, 0.717) is 33.8 Å². The summed E-state index contributed by atoms with van der Waals surface area (Å²) in [5.74, 6) is 0.180. The van der Waals surface area contributed by atoms with Gasteiger partial charge in [0.25, 0.3) is 11.8 Å². The fraction of sp³-hybridized carbons (Fsp3) is 0.286. The number of hydrogen-bond acceptors (Lipinski definition) is 9. The molecule has 2 aliphatic heterocycles. The van der Waals surface area contributed by atoms with Gasteiger partial charge in [0.05, 0.1) is 50.2 Å². The Morgan fingerprint density at radius 2 is 1.79 bits per heavy atom. The molecule has 0 radical (unpaired) electrons.